The molecule has 8 heteroatoms. The Labute approximate surface area is 195 Å². The van der Waals surface area contributed by atoms with Crippen molar-refractivity contribution < 1.29 is 19.1 Å². The quantitative estimate of drug-likeness (QED) is 0.271. The standard InChI is InChI=1S/C24H25BrN2O5/c1-3-31-23-12-19(15-26-14-18-6-4-5-7-22(18)30-2)21(25)13-24(23)32-16-17-8-10-20(11-9-17)27(28)29/h4-13,26H,3,14-16H2,1-2H3. The Kier molecular flexibility index (Phi) is 8.47. The number of hydrogen-bond donors (Lipinski definition) is 1. The van der Waals surface area contributed by atoms with Crippen molar-refractivity contribution in [1.29, 1.82) is 0 Å². The predicted molar refractivity (Wildman–Crippen MR) is 126 cm³/mol. The molecule has 3 aromatic rings. The van der Waals surface area contributed by atoms with Gasteiger partial charge in [-0.25, -0.2) is 0 Å². The molecule has 0 atom stereocenters. The van der Waals surface area contributed by atoms with E-state index in [0.717, 1.165) is 26.9 Å². The number of hydrogen-bond acceptors (Lipinski definition) is 6. The molecule has 0 radical (unpaired) electrons. The third-order valence-corrected chi connectivity index (χ3v) is 5.52. The summed E-state index contributed by atoms with van der Waals surface area (Å²) < 4.78 is 18.0. The van der Waals surface area contributed by atoms with Crippen molar-refractivity contribution in [2.45, 2.75) is 26.6 Å². The summed E-state index contributed by atoms with van der Waals surface area (Å²) in [5.74, 6) is 2.10. The zero-order valence-corrected chi connectivity index (χ0v) is 19.6. The first-order valence-corrected chi connectivity index (χ1v) is 10.9. The van der Waals surface area contributed by atoms with Crippen molar-refractivity contribution in [2.24, 2.45) is 0 Å². The Balaban J connectivity index is 1.67. The SMILES string of the molecule is CCOc1cc(CNCc2ccccc2OC)c(Br)cc1OCc1ccc([N+](=O)[O-])cc1. The zero-order valence-electron chi connectivity index (χ0n) is 18.0. The van der Waals surface area contributed by atoms with E-state index in [2.05, 4.69) is 21.2 Å². The molecule has 0 aliphatic carbocycles. The predicted octanol–water partition coefficient (Wildman–Crippen LogP) is 5.63. The highest BCUT2D eigenvalue weighted by Crippen LogP contribution is 2.34. The van der Waals surface area contributed by atoms with Gasteiger partial charge in [0.15, 0.2) is 11.5 Å². The van der Waals surface area contributed by atoms with Gasteiger partial charge in [-0.05, 0) is 48.4 Å². The first kappa shape index (κ1) is 23.6. The van der Waals surface area contributed by atoms with Gasteiger partial charge in [-0.1, -0.05) is 34.1 Å². The van der Waals surface area contributed by atoms with E-state index in [1.807, 2.05) is 43.3 Å². The number of ether oxygens (including phenoxy) is 3. The van der Waals surface area contributed by atoms with Crippen molar-refractivity contribution in [3.8, 4) is 17.2 Å². The van der Waals surface area contributed by atoms with Crippen LogP contribution in [-0.2, 0) is 19.7 Å². The van der Waals surface area contributed by atoms with E-state index >= 15 is 0 Å². The lowest BCUT2D eigenvalue weighted by atomic mass is 10.1. The number of benzene rings is 3. The highest BCUT2D eigenvalue weighted by atomic mass is 79.9. The second kappa shape index (κ2) is 11.5. The third kappa shape index (κ3) is 6.21. The molecule has 0 aromatic heterocycles. The second-order valence-electron chi connectivity index (χ2n) is 6.95. The fourth-order valence-electron chi connectivity index (χ4n) is 3.15. The van der Waals surface area contributed by atoms with Crippen LogP contribution in [0.5, 0.6) is 17.2 Å². The number of non-ortho nitro benzene ring substituents is 1. The number of para-hydroxylation sites is 1. The summed E-state index contributed by atoms with van der Waals surface area (Å²) in [5, 5.41) is 14.2. The number of rotatable bonds is 11. The van der Waals surface area contributed by atoms with Gasteiger partial charge in [0.2, 0.25) is 0 Å². The van der Waals surface area contributed by atoms with E-state index in [1.165, 1.54) is 12.1 Å². The van der Waals surface area contributed by atoms with Gasteiger partial charge in [0.05, 0.1) is 18.6 Å². The summed E-state index contributed by atoms with van der Waals surface area (Å²) in [7, 11) is 1.67. The van der Waals surface area contributed by atoms with Crippen LogP contribution >= 0.6 is 15.9 Å². The molecular formula is C24H25BrN2O5. The summed E-state index contributed by atoms with van der Waals surface area (Å²) in [4.78, 5) is 10.4. The fourth-order valence-corrected chi connectivity index (χ4v) is 3.61. The lowest BCUT2D eigenvalue weighted by Gasteiger charge is -2.16. The Bertz CT molecular complexity index is 1060. The van der Waals surface area contributed by atoms with Crippen molar-refractivity contribution in [2.75, 3.05) is 13.7 Å². The fraction of sp³-hybridized carbons (Fsp3) is 0.250. The molecule has 0 aliphatic heterocycles. The number of nitro groups is 1. The maximum Gasteiger partial charge on any atom is 0.269 e. The van der Waals surface area contributed by atoms with Crippen molar-refractivity contribution in [3.05, 3.63) is 91.9 Å². The van der Waals surface area contributed by atoms with Gasteiger partial charge in [-0.15, -0.1) is 0 Å². The van der Waals surface area contributed by atoms with Crippen LogP contribution in [0.15, 0.2) is 65.1 Å². The van der Waals surface area contributed by atoms with Crippen LogP contribution in [0.1, 0.15) is 23.6 Å². The molecule has 0 fully saturated rings. The van der Waals surface area contributed by atoms with E-state index in [4.69, 9.17) is 14.2 Å². The summed E-state index contributed by atoms with van der Waals surface area (Å²) in [6.45, 7) is 3.99. The second-order valence-corrected chi connectivity index (χ2v) is 7.81. The van der Waals surface area contributed by atoms with Gasteiger partial charge in [-0.2, -0.15) is 0 Å². The van der Waals surface area contributed by atoms with Crippen LogP contribution in [0.25, 0.3) is 0 Å². The number of nitrogens with zero attached hydrogens (tertiary/aromatic N) is 1. The van der Waals surface area contributed by atoms with Crippen LogP contribution in [-0.4, -0.2) is 18.6 Å². The minimum atomic E-state index is -0.421. The maximum absolute atomic E-state index is 10.8. The molecule has 1 N–H and O–H groups in total. The zero-order chi connectivity index (χ0) is 22.9. The summed E-state index contributed by atoms with van der Waals surface area (Å²) >= 11 is 3.62. The minimum Gasteiger partial charge on any atom is -0.496 e. The minimum absolute atomic E-state index is 0.0523. The molecule has 0 saturated heterocycles. The normalized spacial score (nSPS) is 10.6. The van der Waals surface area contributed by atoms with Crippen LogP contribution in [0, 0.1) is 10.1 Å². The molecule has 3 aromatic carbocycles. The molecule has 0 aliphatic rings. The average Bonchev–Trinajstić information content (AvgIpc) is 2.80. The molecule has 7 nitrogen and oxygen atoms in total. The highest BCUT2D eigenvalue weighted by Gasteiger charge is 2.12. The maximum atomic E-state index is 10.8. The molecule has 32 heavy (non-hydrogen) atoms. The Morgan fingerprint density at radius 3 is 2.31 bits per heavy atom. The van der Waals surface area contributed by atoms with Gasteiger partial charge in [-0.3, -0.25) is 10.1 Å². The van der Waals surface area contributed by atoms with Crippen molar-refractivity contribution >= 4 is 21.6 Å². The van der Waals surface area contributed by atoms with Crippen molar-refractivity contribution in [1.82, 2.24) is 5.32 Å². The van der Waals surface area contributed by atoms with Crippen LogP contribution in [0.3, 0.4) is 0 Å². The Morgan fingerprint density at radius 2 is 1.62 bits per heavy atom. The van der Waals surface area contributed by atoms with E-state index in [1.54, 1.807) is 19.2 Å². The first-order valence-electron chi connectivity index (χ1n) is 10.2. The number of methoxy groups -OCH3 is 1. The molecule has 0 spiro atoms. The van der Waals surface area contributed by atoms with E-state index < -0.39 is 4.92 Å². The highest BCUT2D eigenvalue weighted by molar-refractivity contribution is 9.10. The Morgan fingerprint density at radius 1 is 0.938 bits per heavy atom. The number of nitrogens with one attached hydrogen (secondary N) is 1. The molecule has 3 rings (SSSR count). The first-order chi connectivity index (χ1) is 15.5. The molecule has 0 amide bonds. The van der Waals surface area contributed by atoms with Crippen LogP contribution in [0.4, 0.5) is 5.69 Å². The average molecular weight is 501 g/mol. The number of halogens is 1. The molecule has 0 unspecified atom stereocenters. The van der Waals surface area contributed by atoms with Crippen molar-refractivity contribution in [3.63, 3.8) is 0 Å². The topological polar surface area (TPSA) is 82.9 Å². The molecule has 0 heterocycles. The van der Waals surface area contributed by atoms with Gasteiger partial charge in [0, 0.05) is 35.3 Å². The molecule has 0 bridgehead atoms. The smallest absolute Gasteiger partial charge is 0.269 e. The molecule has 168 valence electrons. The van der Waals surface area contributed by atoms with Crippen LogP contribution in [0.2, 0.25) is 0 Å². The number of nitro benzene ring substituents is 1. The summed E-state index contributed by atoms with van der Waals surface area (Å²) in [6.07, 6.45) is 0. The lowest BCUT2D eigenvalue weighted by molar-refractivity contribution is -0.384. The monoisotopic (exact) mass is 500 g/mol. The Hall–Kier alpha value is -3.10. The largest absolute Gasteiger partial charge is 0.496 e. The van der Waals surface area contributed by atoms with Gasteiger partial charge in [0.1, 0.15) is 12.4 Å². The molecule has 0 saturated carbocycles. The van der Waals surface area contributed by atoms with E-state index in [0.29, 0.717) is 31.2 Å². The summed E-state index contributed by atoms with van der Waals surface area (Å²) in [5.41, 5.74) is 3.00. The lowest BCUT2D eigenvalue weighted by Crippen LogP contribution is -2.14. The molecular weight excluding hydrogens is 476 g/mol. The third-order valence-electron chi connectivity index (χ3n) is 4.78. The van der Waals surface area contributed by atoms with E-state index in [9.17, 15) is 10.1 Å². The van der Waals surface area contributed by atoms with Gasteiger partial charge < -0.3 is 19.5 Å². The van der Waals surface area contributed by atoms with E-state index in [-0.39, 0.29) is 12.3 Å². The van der Waals surface area contributed by atoms with Gasteiger partial charge >= 0.3 is 0 Å². The van der Waals surface area contributed by atoms with Gasteiger partial charge in [0.25, 0.3) is 5.69 Å². The summed E-state index contributed by atoms with van der Waals surface area (Å²) in [6, 6.07) is 18.0. The van der Waals surface area contributed by atoms with Crippen LogP contribution < -0.4 is 19.5 Å².